The Kier molecular flexibility index (Phi) is 8.48. The lowest BCUT2D eigenvalue weighted by molar-refractivity contribution is -0.121. The molecule has 2 amide bonds. The first-order valence-corrected chi connectivity index (χ1v) is 9.62. The Morgan fingerprint density at radius 3 is 2.36 bits per heavy atom. The molecule has 1 aliphatic rings. The minimum absolute atomic E-state index is 0. The third kappa shape index (κ3) is 5.57. The van der Waals surface area contributed by atoms with Gasteiger partial charge in [-0.05, 0) is 42.5 Å². The fourth-order valence-electron chi connectivity index (χ4n) is 3.53. The molecule has 6 heteroatoms. The zero-order valence-electron chi connectivity index (χ0n) is 16.0. The summed E-state index contributed by atoms with van der Waals surface area (Å²) in [5, 5.41) is 2.91. The van der Waals surface area contributed by atoms with Crippen molar-refractivity contribution in [1.82, 2.24) is 10.2 Å². The van der Waals surface area contributed by atoms with Gasteiger partial charge in [0.15, 0.2) is 0 Å². The quantitative estimate of drug-likeness (QED) is 0.780. The second-order valence-corrected chi connectivity index (χ2v) is 6.93. The second kappa shape index (κ2) is 10.8. The third-order valence-electron chi connectivity index (χ3n) is 5.03. The molecule has 2 aromatic rings. The van der Waals surface area contributed by atoms with Crippen LogP contribution in [0.3, 0.4) is 0 Å². The van der Waals surface area contributed by atoms with Crippen LogP contribution in [0.5, 0.6) is 0 Å². The monoisotopic (exact) mass is 401 g/mol. The average molecular weight is 402 g/mol. The van der Waals surface area contributed by atoms with Crippen LogP contribution in [-0.4, -0.2) is 42.4 Å². The molecule has 3 N–H and O–H groups in total. The van der Waals surface area contributed by atoms with Gasteiger partial charge in [0.25, 0.3) is 5.91 Å². The van der Waals surface area contributed by atoms with Crippen LogP contribution in [0.1, 0.15) is 36.0 Å². The summed E-state index contributed by atoms with van der Waals surface area (Å²) in [6.07, 6.45) is 3.31. The van der Waals surface area contributed by atoms with E-state index in [0.717, 1.165) is 36.9 Å². The lowest BCUT2D eigenvalue weighted by Gasteiger charge is -2.36. The Morgan fingerprint density at radius 2 is 1.68 bits per heavy atom. The molecule has 0 aliphatic carbocycles. The molecule has 2 aromatic carbocycles. The van der Waals surface area contributed by atoms with E-state index in [9.17, 15) is 9.59 Å². The van der Waals surface area contributed by atoms with Gasteiger partial charge in [-0.3, -0.25) is 9.59 Å². The number of hydrogen-bond donors (Lipinski definition) is 2. The molecular formula is C22H28ClN3O2. The summed E-state index contributed by atoms with van der Waals surface area (Å²) in [4.78, 5) is 26.6. The molecule has 1 fully saturated rings. The van der Waals surface area contributed by atoms with E-state index >= 15 is 0 Å². The van der Waals surface area contributed by atoms with Gasteiger partial charge in [-0.25, -0.2) is 0 Å². The van der Waals surface area contributed by atoms with Crippen molar-refractivity contribution in [1.29, 1.82) is 0 Å². The Labute approximate surface area is 172 Å². The van der Waals surface area contributed by atoms with Crippen LogP contribution in [0.2, 0.25) is 0 Å². The first-order chi connectivity index (χ1) is 13.2. The highest BCUT2D eigenvalue weighted by Gasteiger charge is 2.27. The van der Waals surface area contributed by atoms with Crippen molar-refractivity contribution in [3.8, 4) is 11.1 Å². The number of nitrogens with two attached hydrogens (primary N) is 1. The highest BCUT2D eigenvalue weighted by molar-refractivity contribution is 5.95. The molecular weight excluding hydrogens is 374 g/mol. The lowest BCUT2D eigenvalue weighted by Crippen LogP contribution is -2.49. The van der Waals surface area contributed by atoms with E-state index in [2.05, 4.69) is 17.4 Å². The minimum atomic E-state index is -0.0531. The highest BCUT2D eigenvalue weighted by atomic mass is 35.5. The van der Waals surface area contributed by atoms with Crippen LogP contribution in [0.15, 0.2) is 54.6 Å². The van der Waals surface area contributed by atoms with Gasteiger partial charge in [0.1, 0.15) is 0 Å². The summed E-state index contributed by atoms with van der Waals surface area (Å²) in [7, 11) is 0. The topological polar surface area (TPSA) is 75.4 Å². The number of carbonyl (C=O) groups is 2. The first-order valence-electron chi connectivity index (χ1n) is 9.62. The molecule has 0 aromatic heterocycles. The van der Waals surface area contributed by atoms with Crippen molar-refractivity contribution < 1.29 is 9.59 Å². The normalized spacial score (nSPS) is 16.2. The highest BCUT2D eigenvalue weighted by Crippen LogP contribution is 2.22. The van der Waals surface area contributed by atoms with Crippen molar-refractivity contribution in [2.75, 3.05) is 19.6 Å². The van der Waals surface area contributed by atoms with E-state index in [1.54, 1.807) is 0 Å². The minimum Gasteiger partial charge on any atom is -0.354 e. The van der Waals surface area contributed by atoms with Gasteiger partial charge in [-0.2, -0.15) is 0 Å². The summed E-state index contributed by atoms with van der Waals surface area (Å²) < 4.78 is 0. The number of carbonyl (C=O) groups excluding carboxylic acids is 2. The molecule has 28 heavy (non-hydrogen) atoms. The number of nitrogens with zero attached hydrogens (tertiary/aromatic N) is 1. The molecule has 0 bridgehead atoms. The number of benzene rings is 2. The standard InChI is InChI=1S/C22H27N3O2.ClH/c23-14-13-21(26)24-16-20-8-4-5-15-25(20)22(27)19-11-9-18(10-12-19)17-6-2-1-3-7-17;/h1-3,6-7,9-12,20H,4-5,8,13-16,23H2,(H,24,26);1H. The molecule has 1 atom stereocenters. The maximum absolute atomic E-state index is 13.0. The van der Waals surface area contributed by atoms with E-state index in [1.807, 2.05) is 47.4 Å². The molecule has 3 rings (SSSR count). The van der Waals surface area contributed by atoms with E-state index in [-0.39, 0.29) is 30.3 Å². The van der Waals surface area contributed by atoms with Gasteiger partial charge in [-0.15, -0.1) is 12.4 Å². The van der Waals surface area contributed by atoms with E-state index in [4.69, 9.17) is 5.73 Å². The largest absolute Gasteiger partial charge is 0.354 e. The van der Waals surface area contributed by atoms with Gasteiger partial charge in [0.05, 0.1) is 0 Å². The van der Waals surface area contributed by atoms with Crippen molar-refractivity contribution in [2.45, 2.75) is 31.7 Å². The van der Waals surface area contributed by atoms with Gasteiger partial charge >= 0.3 is 0 Å². The number of halogens is 1. The molecule has 1 unspecified atom stereocenters. The smallest absolute Gasteiger partial charge is 0.254 e. The second-order valence-electron chi connectivity index (χ2n) is 6.93. The van der Waals surface area contributed by atoms with Crippen LogP contribution in [-0.2, 0) is 4.79 Å². The Bertz CT molecular complexity index is 765. The van der Waals surface area contributed by atoms with Crippen LogP contribution in [0, 0.1) is 0 Å². The fraction of sp³-hybridized carbons (Fsp3) is 0.364. The molecule has 0 radical (unpaired) electrons. The van der Waals surface area contributed by atoms with E-state index in [0.29, 0.717) is 25.1 Å². The average Bonchev–Trinajstić information content (AvgIpc) is 2.73. The molecule has 1 aliphatic heterocycles. The van der Waals surface area contributed by atoms with Crippen molar-refractivity contribution in [3.63, 3.8) is 0 Å². The molecule has 5 nitrogen and oxygen atoms in total. The van der Waals surface area contributed by atoms with Crippen molar-refractivity contribution in [2.24, 2.45) is 5.73 Å². The first kappa shape index (κ1) is 21.9. The predicted molar refractivity (Wildman–Crippen MR) is 114 cm³/mol. The van der Waals surface area contributed by atoms with Gasteiger partial charge in [0, 0.05) is 37.7 Å². The number of rotatable bonds is 6. The number of likely N-dealkylation sites (tertiary alicyclic amines) is 1. The maximum Gasteiger partial charge on any atom is 0.254 e. The Morgan fingerprint density at radius 1 is 1.00 bits per heavy atom. The van der Waals surface area contributed by atoms with Crippen LogP contribution in [0.25, 0.3) is 11.1 Å². The lowest BCUT2D eigenvalue weighted by atomic mass is 9.99. The predicted octanol–water partition coefficient (Wildman–Crippen LogP) is 3.24. The van der Waals surface area contributed by atoms with Gasteiger partial charge in [0.2, 0.25) is 5.91 Å². The zero-order valence-corrected chi connectivity index (χ0v) is 16.8. The Hall–Kier alpha value is -2.37. The van der Waals surface area contributed by atoms with Crippen molar-refractivity contribution in [3.05, 3.63) is 60.2 Å². The SMILES string of the molecule is Cl.NCCC(=O)NCC1CCCCN1C(=O)c1ccc(-c2ccccc2)cc1. The fourth-order valence-corrected chi connectivity index (χ4v) is 3.53. The summed E-state index contributed by atoms with van der Waals surface area (Å²) in [6.45, 7) is 1.57. The molecule has 1 saturated heterocycles. The van der Waals surface area contributed by atoms with E-state index < -0.39 is 0 Å². The molecule has 150 valence electrons. The number of hydrogen-bond acceptors (Lipinski definition) is 3. The summed E-state index contributed by atoms with van der Waals surface area (Å²) in [6, 6.07) is 17.9. The number of amides is 2. The van der Waals surface area contributed by atoms with Gasteiger partial charge < -0.3 is 16.0 Å². The third-order valence-corrected chi connectivity index (χ3v) is 5.03. The molecule has 0 spiro atoms. The number of piperidine rings is 1. The van der Waals surface area contributed by atoms with Gasteiger partial charge in [-0.1, -0.05) is 42.5 Å². The zero-order chi connectivity index (χ0) is 19.1. The number of nitrogens with one attached hydrogen (secondary N) is 1. The van der Waals surface area contributed by atoms with Crippen molar-refractivity contribution >= 4 is 24.2 Å². The van der Waals surface area contributed by atoms with E-state index in [1.165, 1.54) is 0 Å². The summed E-state index contributed by atoms with van der Waals surface area (Å²) in [5.74, 6) is -0.0185. The van der Waals surface area contributed by atoms with Crippen LogP contribution in [0.4, 0.5) is 0 Å². The van der Waals surface area contributed by atoms with Crippen LogP contribution < -0.4 is 11.1 Å². The molecule has 0 saturated carbocycles. The Balaban J connectivity index is 0.00000280. The summed E-state index contributed by atoms with van der Waals surface area (Å²) in [5.41, 5.74) is 8.34. The molecule has 1 heterocycles. The summed E-state index contributed by atoms with van der Waals surface area (Å²) >= 11 is 0. The van der Waals surface area contributed by atoms with Crippen LogP contribution >= 0.6 is 12.4 Å². The maximum atomic E-state index is 13.0.